The smallest absolute Gasteiger partial charge is 0.167 e. The number of benzene rings is 3. The van der Waals surface area contributed by atoms with Gasteiger partial charge in [0.2, 0.25) is 0 Å². The van der Waals surface area contributed by atoms with E-state index in [-0.39, 0.29) is 22.5 Å². The molecule has 4 heteroatoms. The number of fused-ring (bicyclic) bond motifs is 1. The lowest BCUT2D eigenvalue weighted by molar-refractivity contribution is 0.501. The van der Waals surface area contributed by atoms with E-state index in [2.05, 4.69) is 6.92 Å². The van der Waals surface area contributed by atoms with E-state index in [0.717, 1.165) is 47.9 Å². The molecule has 3 aromatic rings. The molecule has 1 aliphatic rings. The summed E-state index contributed by atoms with van der Waals surface area (Å²) in [6.45, 7) is 3.88. The fourth-order valence-corrected chi connectivity index (χ4v) is 4.56. The molecule has 0 bridgehead atoms. The van der Waals surface area contributed by atoms with Gasteiger partial charge in [0.15, 0.2) is 11.6 Å². The summed E-state index contributed by atoms with van der Waals surface area (Å²) in [5.41, 5.74) is 4.15. The summed E-state index contributed by atoms with van der Waals surface area (Å²) in [4.78, 5) is 0. The molecule has 4 rings (SSSR count). The average molecular weight is 453 g/mol. The number of halogens is 4. The standard InChI is InChI=1S/C29H28F4/c1-3-5-6-7-18-8-12-23(26(30)14-18)21-10-9-20-16-25(27(31)17-22(20)15-21)24-13-11-19(4-2)28(32)29(24)33/h8,10-14,16-17H,3-7,9,15H2,1-2H3. The fraction of sp³-hybridized carbons (Fsp3) is 0.310. The number of hydrogen-bond donors (Lipinski definition) is 0. The van der Waals surface area contributed by atoms with Crippen LogP contribution >= 0.6 is 0 Å². The zero-order chi connectivity index (χ0) is 23.5. The first-order valence-corrected chi connectivity index (χ1v) is 11.7. The van der Waals surface area contributed by atoms with Gasteiger partial charge in [-0.1, -0.05) is 57.0 Å². The van der Waals surface area contributed by atoms with Crippen LogP contribution in [0.4, 0.5) is 17.6 Å². The first-order valence-electron chi connectivity index (χ1n) is 11.7. The minimum Gasteiger partial charge on any atom is -0.206 e. The van der Waals surface area contributed by atoms with Gasteiger partial charge in [-0.25, -0.2) is 17.6 Å². The SMILES string of the molecule is CCCCCc1ccc(C2=CCc3cc(-c4ccc(CC)c(F)c4F)c(F)cc3C2)c(F)c1. The lowest BCUT2D eigenvalue weighted by atomic mass is 9.85. The maximum Gasteiger partial charge on any atom is 0.167 e. The second-order valence-corrected chi connectivity index (χ2v) is 8.74. The second-order valence-electron chi connectivity index (χ2n) is 8.74. The third-order valence-electron chi connectivity index (χ3n) is 6.52. The summed E-state index contributed by atoms with van der Waals surface area (Å²) in [5, 5.41) is 0. The molecule has 0 radical (unpaired) electrons. The molecule has 0 unspecified atom stereocenters. The molecular weight excluding hydrogens is 424 g/mol. The normalized spacial score (nSPS) is 13.1. The molecule has 0 saturated heterocycles. The zero-order valence-electron chi connectivity index (χ0n) is 19.1. The highest BCUT2D eigenvalue weighted by molar-refractivity contribution is 5.74. The Morgan fingerprint density at radius 3 is 2.21 bits per heavy atom. The van der Waals surface area contributed by atoms with Gasteiger partial charge < -0.3 is 0 Å². The van der Waals surface area contributed by atoms with Crippen molar-refractivity contribution in [3.05, 3.63) is 99.6 Å². The molecule has 0 heterocycles. The summed E-state index contributed by atoms with van der Waals surface area (Å²) in [7, 11) is 0. The number of allylic oxidation sites excluding steroid dienone is 2. The van der Waals surface area contributed by atoms with Gasteiger partial charge in [-0.05, 0) is 78.1 Å². The molecule has 0 aromatic heterocycles. The number of rotatable bonds is 7. The Morgan fingerprint density at radius 2 is 1.48 bits per heavy atom. The monoisotopic (exact) mass is 452 g/mol. The highest BCUT2D eigenvalue weighted by Gasteiger charge is 2.21. The summed E-state index contributed by atoms with van der Waals surface area (Å²) in [6.07, 6.45) is 7.32. The van der Waals surface area contributed by atoms with Crippen molar-refractivity contribution in [2.75, 3.05) is 0 Å². The highest BCUT2D eigenvalue weighted by atomic mass is 19.2. The van der Waals surface area contributed by atoms with Crippen LogP contribution in [0.15, 0.2) is 48.5 Å². The predicted molar refractivity (Wildman–Crippen MR) is 126 cm³/mol. The number of hydrogen-bond acceptors (Lipinski definition) is 0. The van der Waals surface area contributed by atoms with E-state index >= 15 is 0 Å². The van der Waals surface area contributed by atoms with Gasteiger partial charge in [-0.15, -0.1) is 0 Å². The van der Waals surface area contributed by atoms with Gasteiger partial charge in [-0.3, -0.25) is 0 Å². The van der Waals surface area contributed by atoms with Gasteiger partial charge in [0.1, 0.15) is 11.6 Å². The van der Waals surface area contributed by atoms with Crippen molar-refractivity contribution in [3.8, 4) is 11.1 Å². The molecule has 0 atom stereocenters. The van der Waals surface area contributed by atoms with Crippen molar-refractivity contribution in [3.63, 3.8) is 0 Å². The van der Waals surface area contributed by atoms with Crippen LogP contribution in [0.3, 0.4) is 0 Å². The Hall–Kier alpha value is -2.88. The summed E-state index contributed by atoms with van der Waals surface area (Å²) < 4.78 is 58.7. The molecule has 172 valence electrons. The number of aryl methyl sites for hydroxylation is 2. The minimum absolute atomic E-state index is 0.0484. The van der Waals surface area contributed by atoms with Crippen LogP contribution in [-0.2, 0) is 25.7 Å². The van der Waals surface area contributed by atoms with Gasteiger partial charge in [0.05, 0.1) is 0 Å². The quantitative estimate of drug-likeness (QED) is 0.249. The van der Waals surface area contributed by atoms with Crippen molar-refractivity contribution in [1.82, 2.24) is 0 Å². The highest BCUT2D eigenvalue weighted by Crippen LogP contribution is 2.35. The van der Waals surface area contributed by atoms with Gasteiger partial charge >= 0.3 is 0 Å². The lowest BCUT2D eigenvalue weighted by Crippen LogP contribution is -2.06. The first kappa shape index (κ1) is 23.3. The Labute approximate surface area is 193 Å². The van der Waals surface area contributed by atoms with Crippen LogP contribution < -0.4 is 0 Å². The maximum absolute atomic E-state index is 15.0. The third-order valence-corrected chi connectivity index (χ3v) is 6.52. The minimum atomic E-state index is -1.03. The Balaban J connectivity index is 1.60. The Bertz CT molecular complexity index is 1210. The maximum atomic E-state index is 15.0. The van der Waals surface area contributed by atoms with E-state index in [9.17, 15) is 17.6 Å². The van der Waals surface area contributed by atoms with Crippen molar-refractivity contribution in [1.29, 1.82) is 0 Å². The van der Waals surface area contributed by atoms with Crippen LogP contribution in [-0.4, -0.2) is 0 Å². The van der Waals surface area contributed by atoms with Crippen LogP contribution in [0.2, 0.25) is 0 Å². The summed E-state index contributed by atoms with van der Waals surface area (Å²) in [5.74, 6) is -2.82. The van der Waals surface area contributed by atoms with Crippen LogP contribution in [0.25, 0.3) is 16.7 Å². The molecule has 3 aromatic carbocycles. The Morgan fingerprint density at radius 1 is 0.727 bits per heavy atom. The number of unbranched alkanes of at least 4 members (excludes halogenated alkanes) is 2. The van der Waals surface area contributed by atoms with Crippen molar-refractivity contribution in [2.45, 2.75) is 58.8 Å². The van der Waals surface area contributed by atoms with Crippen LogP contribution in [0.1, 0.15) is 60.9 Å². The molecule has 1 aliphatic carbocycles. The third kappa shape index (κ3) is 4.75. The van der Waals surface area contributed by atoms with Crippen molar-refractivity contribution < 1.29 is 17.6 Å². The summed E-state index contributed by atoms with van der Waals surface area (Å²) >= 11 is 0. The zero-order valence-corrected chi connectivity index (χ0v) is 19.1. The molecule has 0 aliphatic heterocycles. The van der Waals surface area contributed by atoms with E-state index in [1.807, 2.05) is 18.2 Å². The van der Waals surface area contributed by atoms with E-state index in [4.69, 9.17) is 0 Å². The lowest BCUT2D eigenvalue weighted by Gasteiger charge is -2.20. The summed E-state index contributed by atoms with van der Waals surface area (Å²) in [6, 6.07) is 11.3. The van der Waals surface area contributed by atoms with E-state index in [0.29, 0.717) is 24.8 Å². The topological polar surface area (TPSA) is 0 Å². The first-order chi connectivity index (χ1) is 15.9. The van der Waals surface area contributed by atoms with Crippen LogP contribution in [0.5, 0.6) is 0 Å². The van der Waals surface area contributed by atoms with Crippen molar-refractivity contribution in [2.24, 2.45) is 0 Å². The van der Waals surface area contributed by atoms with Gasteiger partial charge in [-0.2, -0.15) is 0 Å². The van der Waals surface area contributed by atoms with Gasteiger partial charge in [0.25, 0.3) is 0 Å². The second kappa shape index (κ2) is 9.94. The fourth-order valence-electron chi connectivity index (χ4n) is 4.56. The van der Waals surface area contributed by atoms with Crippen molar-refractivity contribution >= 4 is 5.57 Å². The van der Waals surface area contributed by atoms with E-state index in [1.165, 1.54) is 18.2 Å². The van der Waals surface area contributed by atoms with Crippen LogP contribution in [0, 0.1) is 23.3 Å². The molecule has 0 fully saturated rings. The molecule has 0 spiro atoms. The molecule has 0 N–H and O–H groups in total. The molecule has 33 heavy (non-hydrogen) atoms. The molecule has 0 saturated carbocycles. The van der Waals surface area contributed by atoms with Gasteiger partial charge in [0, 0.05) is 16.7 Å². The average Bonchev–Trinajstić information content (AvgIpc) is 2.80. The van der Waals surface area contributed by atoms with E-state index < -0.39 is 17.5 Å². The Kier molecular flexibility index (Phi) is 7.02. The van der Waals surface area contributed by atoms with E-state index in [1.54, 1.807) is 19.1 Å². The molecular formula is C29H28F4. The molecule has 0 nitrogen and oxygen atoms in total. The molecule has 0 amide bonds. The predicted octanol–water partition coefficient (Wildman–Crippen LogP) is 8.39. The largest absolute Gasteiger partial charge is 0.206 e.